The molecule has 1 atom stereocenters. The number of nitrogens with zero attached hydrogens (tertiary/aromatic N) is 3. The third-order valence-corrected chi connectivity index (χ3v) is 6.87. The Bertz CT molecular complexity index is 1080. The summed E-state index contributed by atoms with van der Waals surface area (Å²) < 4.78 is 6.49. The van der Waals surface area contributed by atoms with Crippen LogP contribution < -0.4 is 10.2 Å². The molecular formula is C25H31ClN4O4. The molecule has 182 valence electrons. The molecule has 1 saturated carbocycles. The van der Waals surface area contributed by atoms with Crippen LogP contribution in [0.5, 0.6) is 0 Å². The van der Waals surface area contributed by atoms with Gasteiger partial charge in [0.05, 0.1) is 13.2 Å². The van der Waals surface area contributed by atoms with E-state index >= 15 is 0 Å². The van der Waals surface area contributed by atoms with Crippen molar-refractivity contribution in [2.45, 2.75) is 76.9 Å². The van der Waals surface area contributed by atoms with E-state index in [4.69, 9.17) is 16.3 Å². The Hall–Kier alpha value is -2.87. The summed E-state index contributed by atoms with van der Waals surface area (Å²) >= 11 is 6.24. The van der Waals surface area contributed by atoms with Gasteiger partial charge >= 0.3 is 5.97 Å². The number of fused-ring (bicyclic) bond motifs is 1. The molecule has 2 heterocycles. The van der Waals surface area contributed by atoms with Crippen molar-refractivity contribution in [1.29, 1.82) is 0 Å². The molecule has 1 fully saturated rings. The van der Waals surface area contributed by atoms with Gasteiger partial charge in [-0.25, -0.2) is 4.79 Å². The standard InChI is InChI=1S/C25H31ClN4O4/c1-3-34-23(32)20-15-21-22(31)30(19-13-9-10-17(26)14-19)25(2,16-29(21)28-20)24(33)27-18-11-7-5-4-6-8-12-18/h9-10,13-15,18H,3-8,11-12,16H2,1-2H3,(H,27,33)/t25-/m0/s1. The summed E-state index contributed by atoms with van der Waals surface area (Å²) in [5.41, 5.74) is -0.493. The number of benzene rings is 1. The molecule has 1 aromatic heterocycles. The van der Waals surface area contributed by atoms with Crippen LogP contribution in [0.15, 0.2) is 30.3 Å². The molecule has 2 aliphatic rings. The van der Waals surface area contributed by atoms with Gasteiger partial charge in [0, 0.05) is 22.8 Å². The van der Waals surface area contributed by atoms with Gasteiger partial charge in [0.1, 0.15) is 11.2 Å². The molecule has 9 heteroatoms. The summed E-state index contributed by atoms with van der Waals surface area (Å²) in [6, 6.07) is 8.37. The monoisotopic (exact) mass is 486 g/mol. The number of ether oxygens (including phenoxy) is 1. The Balaban J connectivity index is 1.71. The van der Waals surface area contributed by atoms with Crippen molar-refractivity contribution in [3.63, 3.8) is 0 Å². The fourth-order valence-electron chi connectivity index (χ4n) is 4.85. The number of nitrogens with one attached hydrogen (secondary N) is 1. The number of carbonyl (C=O) groups excluding carboxylic acids is 3. The lowest BCUT2D eigenvalue weighted by molar-refractivity contribution is -0.127. The van der Waals surface area contributed by atoms with Crippen molar-refractivity contribution in [2.75, 3.05) is 11.5 Å². The molecule has 2 aromatic rings. The highest BCUT2D eigenvalue weighted by Gasteiger charge is 2.49. The first-order chi connectivity index (χ1) is 16.3. The van der Waals surface area contributed by atoms with Gasteiger partial charge < -0.3 is 10.1 Å². The number of hydrogen-bond donors (Lipinski definition) is 1. The molecule has 34 heavy (non-hydrogen) atoms. The second-order valence-electron chi connectivity index (χ2n) is 9.20. The topological polar surface area (TPSA) is 93.5 Å². The molecular weight excluding hydrogens is 456 g/mol. The highest BCUT2D eigenvalue weighted by atomic mass is 35.5. The van der Waals surface area contributed by atoms with Crippen molar-refractivity contribution in [1.82, 2.24) is 15.1 Å². The lowest BCUT2D eigenvalue weighted by Gasteiger charge is -2.43. The molecule has 0 bridgehead atoms. The van der Waals surface area contributed by atoms with E-state index in [1.54, 1.807) is 38.1 Å². The van der Waals surface area contributed by atoms with Crippen LogP contribution in [0, 0.1) is 0 Å². The number of aromatic nitrogens is 2. The molecule has 0 radical (unpaired) electrons. The van der Waals surface area contributed by atoms with Gasteiger partial charge in [0.25, 0.3) is 5.91 Å². The van der Waals surface area contributed by atoms with Crippen LogP contribution in [0.1, 0.15) is 79.8 Å². The Morgan fingerprint density at radius 1 is 1.18 bits per heavy atom. The first-order valence-electron chi connectivity index (χ1n) is 12.0. The van der Waals surface area contributed by atoms with E-state index in [-0.39, 0.29) is 36.5 Å². The third-order valence-electron chi connectivity index (χ3n) is 6.63. The lowest BCUT2D eigenvalue weighted by atomic mass is 9.91. The van der Waals surface area contributed by atoms with Gasteiger partial charge in [-0.05, 0) is 44.9 Å². The van der Waals surface area contributed by atoms with Crippen LogP contribution in [0.3, 0.4) is 0 Å². The minimum Gasteiger partial charge on any atom is -0.461 e. The largest absolute Gasteiger partial charge is 0.461 e. The van der Waals surface area contributed by atoms with Crippen LogP contribution in [0.2, 0.25) is 5.02 Å². The Kier molecular flexibility index (Phi) is 7.26. The number of amides is 2. The van der Waals surface area contributed by atoms with Gasteiger partial charge in [0.2, 0.25) is 5.91 Å². The maximum Gasteiger partial charge on any atom is 0.358 e. The summed E-state index contributed by atoms with van der Waals surface area (Å²) in [4.78, 5) is 41.2. The molecule has 4 rings (SSSR count). The zero-order valence-corrected chi connectivity index (χ0v) is 20.4. The average molecular weight is 487 g/mol. The highest BCUT2D eigenvalue weighted by molar-refractivity contribution is 6.31. The third kappa shape index (κ3) is 4.82. The maximum atomic E-state index is 13.8. The average Bonchev–Trinajstić information content (AvgIpc) is 3.20. The summed E-state index contributed by atoms with van der Waals surface area (Å²) in [7, 11) is 0. The molecule has 1 N–H and O–H groups in total. The van der Waals surface area contributed by atoms with E-state index in [1.165, 1.54) is 34.9 Å². The quantitative estimate of drug-likeness (QED) is 0.634. The summed E-state index contributed by atoms with van der Waals surface area (Å²) in [5, 5.41) is 7.98. The van der Waals surface area contributed by atoms with Gasteiger partial charge in [-0.15, -0.1) is 0 Å². The summed E-state index contributed by atoms with van der Waals surface area (Å²) in [5.74, 6) is -1.27. The molecule has 1 aliphatic heterocycles. The number of halogens is 1. The molecule has 1 aliphatic carbocycles. The first kappa shape index (κ1) is 24.3. The predicted octanol–water partition coefficient (Wildman–Crippen LogP) is 4.36. The molecule has 2 amide bonds. The second kappa shape index (κ2) is 10.2. The normalized spacial score (nSPS) is 21.4. The van der Waals surface area contributed by atoms with Crippen molar-refractivity contribution in [3.8, 4) is 0 Å². The zero-order chi connectivity index (χ0) is 24.3. The molecule has 0 spiro atoms. The highest BCUT2D eigenvalue weighted by Crippen LogP contribution is 2.34. The first-order valence-corrected chi connectivity index (χ1v) is 12.4. The van der Waals surface area contributed by atoms with Crippen LogP contribution in [0.25, 0.3) is 0 Å². The Morgan fingerprint density at radius 2 is 1.88 bits per heavy atom. The van der Waals surface area contributed by atoms with Crippen molar-refractivity contribution >= 4 is 35.1 Å². The van der Waals surface area contributed by atoms with E-state index in [9.17, 15) is 14.4 Å². The number of esters is 1. The molecule has 8 nitrogen and oxygen atoms in total. The van der Waals surface area contributed by atoms with Crippen molar-refractivity contribution in [2.24, 2.45) is 0 Å². The van der Waals surface area contributed by atoms with E-state index in [2.05, 4.69) is 10.4 Å². The smallest absolute Gasteiger partial charge is 0.358 e. The number of hydrogen-bond acceptors (Lipinski definition) is 5. The minimum atomic E-state index is -1.27. The lowest BCUT2D eigenvalue weighted by Crippen LogP contribution is -2.65. The summed E-state index contributed by atoms with van der Waals surface area (Å²) in [6.07, 6.45) is 7.57. The molecule has 0 unspecified atom stereocenters. The van der Waals surface area contributed by atoms with Gasteiger partial charge in [0.15, 0.2) is 5.69 Å². The van der Waals surface area contributed by atoms with Crippen molar-refractivity contribution < 1.29 is 19.1 Å². The zero-order valence-electron chi connectivity index (χ0n) is 19.7. The van der Waals surface area contributed by atoms with E-state index in [0.29, 0.717) is 10.7 Å². The van der Waals surface area contributed by atoms with Gasteiger partial charge in [-0.2, -0.15) is 5.10 Å². The SMILES string of the molecule is CCOC(=O)c1cc2n(n1)C[C@@](C)(C(=O)NC1CCCCCCC1)N(c1cccc(Cl)c1)C2=O. The van der Waals surface area contributed by atoms with E-state index < -0.39 is 17.4 Å². The van der Waals surface area contributed by atoms with Crippen LogP contribution >= 0.6 is 11.6 Å². The minimum absolute atomic E-state index is 0.0425. The maximum absolute atomic E-state index is 13.8. The fraction of sp³-hybridized carbons (Fsp3) is 0.520. The Morgan fingerprint density at radius 3 is 2.56 bits per heavy atom. The van der Waals surface area contributed by atoms with Gasteiger partial charge in [-0.1, -0.05) is 49.8 Å². The van der Waals surface area contributed by atoms with Gasteiger partial charge in [-0.3, -0.25) is 19.2 Å². The fourth-order valence-corrected chi connectivity index (χ4v) is 5.03. The number of rotatable bonds is 5. The van der Waals surface area contributed by atoms with Crippen LogP contribution in [0.4, 0.5) is 5.69 Å². The molecule has 0 saturated heterocycles. The summed E-state index contributed by atoms with van der Waals surface area (Å²) in [6.45, 7) is 3.74. The predicted molar refractivity (Wildman–Crippen MR) is 129 cm³/mol. The van der Waals surface area contributed by atoms with Crippen molar-refractivity contribution in [3.05, 3.63) is 46.7 Å². The van der Waals surface area contributed by atoms with Crippen LogP contribution in [-0.2, 0) is 16.1 Å². The number of carbonyl (C=O) groups is 3. The van der Waals surface area contributed by atoms with E-state index in [0.717, 1.165) is 25.7 Å². The number of anilines is 1. The van der Waals surface area contributed by atoms with Crippen LogP contribution in [-0.4, -0.2) is 45.8 Å². The molecule has 1 aromatic carbocycles. The Labute approximate surface area is 204 Å². The second-order valence-corrected chi connectivity index (χ2v) is 9.64. The van der Waals surface area contributed by atoms with E-state index in [1.807, 2.05) is 0 Å².